The van der Waals surface area contributed by atoms with Crippen molar-refractivity contribution < 1.29 is 103 Å². The maximum atomic E-state index is 13.7. The van der Waals surface area contributed by atoms with Crippen molar-refractivity contribution in [1.29, 1.82) is 0 Å². The van der Waals surface area contributed by atoms with Gasteiger partial charge in [0.2, 0.25) is 65.0 Å². The number of unbranched alkanes of at least 4 members (excludes halogenated alkanes) is 1. The van der Waals surface area contributed by atoms with Crippen LogP contribution in [0.2, 0.25) is 0 Å². The highest BCUT2D eigenvalue weighted by Crippen LogP contribution is 2.10. The maximum Gasteiger partial charge on any atom is 0.326 e. The van der Waals surface area contributed by atoms with E-state index in [4.69, 9.17) is 22.9 Å². The number of amides is 11. The molecule has 0 aliphatic rings. The van der Waals surface area contributed by atoms with Crippen molar-refractivity contribution in [2.45, 2.75) is 178 Å². The van der Waals surface area contributed by atoms with Crippen molar-refractivity contribution in [2.24, 2.45) is 28.9 Å². The second kappa shape index (κ2) is 35.3. The van der Waals surface area contributed by atoms with Gasteiger partial charge in [-0.15, -0.1) is 0 Å². The van der Waals surface area contributed by atoms with E-state index in [9.17, 15) is 103 Å². The number of carboxylic acid groups (broad SMARTS) is 4. The summed E-state index contributed by atoms with van der Waals surface area (Å²) < 4.78 is 0. The van der Waals surface area contributed by atoms with Crippen molar-refractivity contribution >= 4 is 88.9 Å². The van der Waals surface area contributed by atoms with Gasteiger partial charge in [-0.05, 0) is 71.8 Å². The predicted octanol–water partition coefficient (Wildman–Crippen LogP) is -8.33. The fourth-order valence-corrected chi connectivity index (χ4v) is 6.97. The van der Waals surface area contributed by atoms with Gasteiger partial charge in [-0.3, -0.25) is 67.1 Å². The van der Waals surface area contributed by atoms with E-state index in [1.807, 2.05) is 26.6 Å². The van der Waals surface area contributed by atoms with Gasteiger partial charge in [-0.1, -0.05) is 13.8 Å². The van der Waals surface area contributed by atoms with Gasteiger partial charge in [0.05, 0.1) is 37.5 Å². The van der Waals surface area contributed by atoms with Crippen LogP contribution in [0.5, 0.6) is 0 Å². The number of rotatable bonds is 39. The molecule has 446 valence electrons. The lowest BCUT2D eigenvalue weighted by Gasteiger charge is -2.28. The monoisotopic (exact) mass is 1130 g/mol. The molecule has 0 spiro atoms. The first-order chi connectivity index (χ1) is 36.6. The molecule has 0 aromatic rings. The molecule has 0 saturated carbocycles. The van der Waals surface area contributed by atoms with Crippen molar-refractivity contribution in [1.82, 2.24) is 47.9 Å². The molecule has 34 heteroatoms. The molecule has 0 aromatic heterocycles. The summed E-state index contributed by atoms with van der Waals surface area (Å²) in [7, 11) is 0. The standard InChI is InChI=1S/C45H75N13O21/c1-18(2)14-28(45(78)79)56-38(71)23(8-6-7-13-46)52-39(72)24(9-11-31(63)64)51-36(69)19(3)50-43(76)34(20(4)59)58-42(75)27(17-33(67)68)54-40(73)25(10-12-32(65)66)53-41(74)26(16-30(49)62)55-44(77)35(21(5)60)57-37(70)22(47)15-29(48)61/h18-28,34-35,59-60H,6-17,46-47H2,1-5H3,(H2,48,61)(H2,49,62)(H,50,76)(H,51,69)(H,52,72)(H,53,74)(H,54,73)(H,55,77)(H,56,71)(H,57,70)(H,58,75)(H,63,64)(H,65,66)(H,67,68)(H,78,79)/t19-,20+,21+,22-,23-,24-,25-,26-,27-,28-,34-,35-/m0/s1. The lowest BCUT2D eigenvalue weighted by Crippen LogP contribution is -2.62. The Labute approximate surface area is 451 Å². The Hall–Kier alpha value is -8.11. The normalized spacial score (nSPS) is 15.6. The first kappa shape index (κ1) is 70.9. The molecule has 23 N–H and O–H groups in total. The summed E-state index contributed by atoms with van der Waals surface area (Å²) in [6.07, 6.45) is -9.00. The van der Waals surface area contributed by atoms with Crippen LogP contribution in [0.25, 0.3) is 0 Å². The molecule has 34 nitrogen and oxygen atoms in total. The first-order valence-corrected chi connectivity index (χ1v) is 24.6. The van der Waals surface area contributed by atoms with E-state index in [0.29, 0.717) is 6.42 Å². The molecule has 0 saturated heterocycles. The topological polar surface area (TPSA) is 590 Å². The number of aliphatic hydroxyl groups excluding tert-OH is 2. The molecule has 12 atom stereocenters. The van der Waals surface area contributed by atoms with Crippen LogP contribution >= 0.6 is 0 Å². The molecule has 0 aliphatic carbocycles. The number of carbonyl (C=O) groups excluding carboxylic acids is 11. The molecule has 0 bridgehead atoms. The van der Waals surface area contributed by atoms with E-state index in [0.717, 1.165) is 20.8 Å². The average Bonchev–Trinajstić information content (AvgIpc) is 3.32. The zero-order valence-corrected chi connectivity index (χ0v) is 44.1. The van der Waals surface area contributed by atoms with Crippen LogP contribution in [0.15, 0.2) is 0 Å². The molecule has 0 aliphatic heterocycles. The Bertz CT molecular complexity index is 2210. The number of carbonyl (C=O) groups is 15. The number of aliphatic hydroxyl groups is 2. The van der Waals surface area contributed by atoms with Crippen molar-refractivity contribution in [3.63, 3.8) is 0 Å². The third-order valence-corrected chi connectivity index (χ3v) is 11.1. The van der Waals surface area contributed by atoms with Gasteiger partial charge in [0.25, 0.3) is 0 Å². The zero-order valence-electron chi connectivity index (χ0n) is 44.1. The molecule has 0 unspecified atom stereocenters. The summed E-state index contributed by atoms with van der Waals surface area (Å²) in [5.74, 6) is -19.9. The Morgan fingerprint density at radius 2 is 0.772 bits per heavy atom. The van der Waals surface area contributed by atoms with E-state index >= 15 is 0 Å². The molecule has 0 heterocycles. The Kier molecular flexibility index (Phi) is 31.7. The molecule has 0 radical (unpaired) electrons. The average molecular weight is 1130 g/mol. The van der Waals surface area contributed by atoms with E-state index < -0.39 is 206 Å². The van der Waals surface area contributed by atoms with Gasteiger partial charge >= 0.3 is 23.9 Å². The molecule has 0 fully saturated rings. The number of primary amides is 2. The van der Waals surface area contributed by atoms with E-state index in [-0.39, 0.29) is 31.7 Å². The van der Waals surface area contributed by atoms with Crippen molar-refractivity contribution in [2.75, 3.05) is 6.54 Å². The molecular weight excluding hydrogens is 1060 g/mol. The number of hydrogen-bond acceptors (Lipinski definition) is 19. The van der Waals surface area contributed by atoms with Gasteiger partial charge in [0.15, 0.2) is 0 Å². The minimum atomic E-state index is -2.21. The summed E-state index contributed by atoms with van der Waals surface area (Å²) in [6.45, 7) is 6.64. The van der Waals surface area contributed by atoms with Crippen LogP contribution in [-0.2, 0) is 71.9 Å². The third kappa shape index (κ3) is 28.2. The lowest BCUT2D eigenvalue weighted by atomic mass is 10.0. The smallest absolute Gasteiger partial charge is 0.326 e. The number of nitrogens with one attached hydrogen (secondary N) is 9. The van der Waals surface area contributed by atoms with Crippen LogP contribution in [0.3, 0.4) is 0 Å². The molecule has 11 amide bonds. The van der Waals surface area contributed by atoms with Gasteiger partial charge in [0.1, 0.15) is 54.4 Å². The van der Waals surface area contributed by atoms with Crippen LogP contribution < -0.4 is 70.8 Å². The highest BCUT2D eigenvalue weighted by Gasteiger charge is 2.38. The number of hydrogen-bond donors (Lipinski definition) is 19. The lowest BCUT2D eigenvalue weighted by molar-refractivity contribution is -0.143. The number of aliphatic carboxylic acids is 4. The minimum Gasteiger partial charge on any atom is -0.481 e. The third-order valence-electron chi connectivity index (χ3n) is 11.1. The SMILES string of the molecule is CC(C)C[C@H](NC(=O)[C@H](CCCCN)NC(=O)[C@H](CCC(=O)O)NC(=O)[C@H](C)NC(=O)[C@@H](NC(=O)[C@H](CC(=O)O)NC(=O)[C@H](CCC(=O)O)NC(=O)[C@H](CC(N)=O)NC(=O)[C@@H](NC(=O)[C@@H](N)CC(N)=O)[C@@H](C)O)[C@@H](C)O)C(=O)O. The van der Waals surface area contributed by atoms with Crippen LogP contribution in [0.4, 0.5) is 0 Å². The number of carboxylic acids is 4. The highest BCUT2D eigenvalue weighted by molar-refractivity contribution is 6.00. The Morgan fingerprint density at radius 3 is 1.18 bits per heavy atom. The van der Waals surface area contributed by atoms with E-state index in [2.05, 4.69) is 21.3 Å². The second-order valence-electron chi connectivity index (χ2n) is 18.7. The van der Waals surface area contributed by atoms with Gasteiger partial charge < -0.3 is 101 Å². The fraction of sp³-hybridized carbons (Fsp3) is 0.667. The summed E-state index contributed by atoms with van der Waals surface area (Å²) in [5, 5.41) is 78.1. The Balaban J connectivity index is 6.57. The van der Waals surface area contributed by atoms with Gasteiger partial charge in [-0.2, -0.15) is 0 Å². The van der Waals surface area contributed by atoms with Crippen LogP contribution in [-0.4, -0.2) is 199 Å². The van der Waals surface area contributed by atoms with Gasteiger partial charge in [0, 0.05) is 12.8 Å². The van der Waals surface area contributed by atoms with E-state index in [1.165, 1.54) is 0 Å². The summed E-state index contributed by atoms with van der Waals surface area (Å²) in [6, 6.07) is -18.0. The number of nitrogens with two attached hydrogens (primary N) is 4. The first-order valence-electron chi connectivity index (χ1n) is 24.6. The zero-order chi connectivity index (χ0) is 61.0. The summed E-state index contributed by atoms with van der Waals surface area (Å²) in [5.41, 5.74) is 21.4. The Morgan fingerprint density at radius 1 is 0.405 bits per heavy atom. The largest absolute Gasteiger partial charge is 0.481 e. The van der Waals surface area contributed by atoms with Crippen LogP contribution in [0.1, 0.15) is 105 Å². The minimum absolute atomic E-state index is 0.0249. The molecular formula is C45H75N13O21. The molecule has 0 rings (SSSR count). The molecule has 0 aromatic carbocycles. The fourth-order valence-electron chi connectivity index (χ4n) is 6.97. The second-order valence-corrected chi connectivity index (χ2v) is 18.7. The maximum absolute atomic E-state index is 13.7. The quantitative estimate of drug-likeness (QED) is 0.0254. The van der Waals surface area contributed by atoms with Crippen molar-refractivity contribution in [3.05, 3.63) is 0 Å². The summed E-state index contributed by atoms with van der Waals surface area (Å²) >= 11 is 0. The molecule has 79 heavy (non-hydrogen) atoms. The highest BCUT2D eigenvalue weighted by atomic mass is 16.4. The van der Waals surface area contributed by atoms with Crippen LogP contribution in [0, 0.1) is 5.92 Å². The predicted molar refractivity (Wildman–Crippen MR) is 268 cm³/mol. The van der Waals surface area contributed by atoms with E-state index in [1.54, 1.807) is 13.8 Å². The van der Waals surface area contributed by atoms with Gasteiger partial charge in [-0.25, -0.2) is 4.79 Å². The summed E-state index contributed by atoms with van der Waals surface area (Å²) in [4.78, 5) is 191. The van der Waals surface area contributed by atoms with Crippen molar-refractivity contribution in [3.8, 4) is 0 Å².